The number of nitrogens with zero attached hydrogens (tertiary/aromatic N) is 1. The van der Waals surface area contributed by atoms with E-state index in [1.165, 1.54) is 31.6 Å². The van der Waals surface area contributed by atoms with Gasteiger partial charge < -0.3 is 9.72 Å². The van der Waals surface area contributed by atoms with Gasteiger partial charge >= 0.3 is 0 Å². The van der Waals surface area contributed by atoms with Crippen LogP contribution in [0.25, 0.3) is 10.9 Å². The van der Waals surface area contributed by atoms with Crippen LogP contribution in [0.2, 0.25) is 0 Å². The highest BCUT2D eigenvalue weighted by atomic mass is 19.3. The molecule has 0 radical (unpaired) electrons. The Morgan fingerprint density at radius 3 is 2.58 bits per heavy atom. The number of aromatic amines is 1. The van der Waals surface area contributed by atoms with Gasteiger partial charge in [0.05, 0.1) is 18.0 Å². The first kappa shape index (κ1) is 20.0. The Hall–Kier alpha value is -2.90. The highest BCUT2D eigenvalue weighted by Gasteiger charge is 2.66. The van der Waals surface area contributed by atoms with Crippen molar-refractivity contribution in [3.05, 3.63) is 69.8 Å². The summed E-state index contributed by atoms with van der Waals surface area (Å²) in [6.45, 7) is 0. The van der Waals surface area contributed by atoms with E-state index in [2.05, 4.69) is 9.97 Å². The van der Waals surface area contributed by atoms with Crippen LogP contribution in [-0.2, 0) is 0 Å². The molecule has 0 unspecified atom stereocenters. The molecule has 8 heteroatoms. The summed E-state index contributed by atoms with van der Waals surface area (Å²) in [6.07, 6.45) is 3.38. The summed E-state index contributed by atoms with van der Waals surface area (Å²) in [5, 5.41) is 0.398. The number of H-pyrrole nitrogens is 1. The van der Waals surface area contributed by atoms with Gasteiger partial charge in [0.1, 0.15) is 0 Å². The monoisotopic (exact) mass is 432 g/mol. The lowest BCUT2D eigenvalue weighted by Crippen LogP contribution is -2.49. The fourth-order valence-electron chi connectivity index (χ4n) is 5.39. The number of aromatic nitrogens is 2. The SMILES string of the molecule is COc1c([C@@H]2C[C@@]3(CCC3(F)F)C[C@H]2c2cc(=O)c3cnccc3[nH]2)ccc(F)c1F. The summed E-state index contributed by atoms with van der Waals surface area (Å²) in [4.78, 5) is 19.8. The molecule has 2 aromatic heterocycles. The highest BCUT2D eigenvalue weighted by molar-refractivity contribution is 5.77. The van der Waals surface area contributed by atoms with Crippen molar-refractivity contribution in [3.8, 4) is 5.75 Å². The number of pyridine rings is 2. The second-order valence-corrected chi connectivity index (χ2v) is 8.60. The summed E-state index contributed by atoms with van der Waals surface area (Å²) in [5.74, 6) is -6.39. The van der Waals surface area contributed by atoms with Crippen LogP contribution in [0.3, 0.4) is 0 Å². The van der Waals surface area contributed by atoms with E-state index in [-0.39, 0.29) is 30.4 Å². The molecular weight excluding hydrogens is 412 g/mol. The number of alkyl halides is 2. The van der Waals surface area contributed by atoms with Gasteiger partial charge in [-0.1, -0.05) is 6.07 Å². The Morgan fingerprint density at radius 2 is 1.90 bits per heavy atom. The van der Waals surface area contributed by atoms with Crippen LogP contribution < -0.4 is 10.2 Å². The largest absolute Gasteiger partial charge is 0.493 e. The van der Waals surface area contributed by atoms with Crippen molar-refractivity contribution >= 4 is 10.9 Å². The van der Waals surface area contributed by atoms with E-state index >= 15 is 0 Å². The van der Waals surface area contributed by atoms with Crippen molar-refractivity contribution < 1.29 is 22.3 Å². The van der Waals surface area contributed by atoms with Crippen molar-refractivity contribution in [2.75, 3.05) is 7.11 Å². The van der Waals surface area contributed by atoms with E-state index in [0.717, 1.165) is 6.07 Å². The molecule has 31 heavy (non-hydrogen) atoms. The van der Waals surface area contributed by atoms with Crippen LogP contribution in [0.15, 0.2) is 41.5 Å². The fraction of sp³-hybridized carbons (Fsp3) is 0.391. The zero-order valence-electron chi connectivity index (χ0n) is 16.7. The molecule has 0 bridgehead atoms. The molecule has 2 saturated carbocycles. The topological polar surface area (TPSA) is 55.0 Å². The Labute approximate surface area is 175 Å². The van der Waals surface area contributed by atoms with Crippen molar-refractivity contribution in [1.29, 1.82) is 0 Å². The maximum Gasteiger partial charge on any atom is 0.253 e. The maximum atomic E-state index is 14.7. The van der Waals surface area contributed by atoms with Gasteiger partial charge in [0.25, 0.3) is 5.92 Å². The van der Waals surface area contributed by atoms with Crippen molar-refractivity contribution in [2.24, 2.45) is 5.41 Å². The number of benzene rings is 1. The molecular formula is C23H20F4N2O2. The molecule has 2 fully saturated rings. The third-order valence-electron chi connectivity index (χ3n) is 7.14. The van der Waals surface area contributed by atoms with Crippen molar-refractivity contribution in [2.45, 2.75) is 43.4 Å². The summed E-state index contributed by atoms with van der Waals surface area (Å²) in [6, 6.07) is 5.44. The zero-order valence-corrected chi connectivity index (χ0v) is 16.7. The fourth-order valence-corrected chi connectivity index (χ4v) is 5.39. The number of methoxy groups -OCH3 is 1. The number of ether oxygens (including phenoxy) is 1. The molecule has 162 valence electrons. The maximum absolute atomic E-state index is 14.7. The van der Waals surface area contributed by atoms with Crippen LogP contribution in [0.4, 0.5) is 17.6 Å². The minimum Gasteiger partial charge on any atom is -0.493 e. The van der Waals surface area contributed by atoms with Gasteiger partial charge in [-0.3, -0.25) is 9.78 Å². The normalized spacial score (nSPS) is 26.9. The lowest BCUT2D eigenvalue weighted by atomic mass is 9.63. The first-order valence-corrected chi connectivity index (χ1v) is 10.1. The molecule has 1 N–H and O–H groups in total. The average Bonchev–Trinajstić information content (AvgIpc) is 3.18. The predicted molar refractivity (Wildman–Crippen MR) is 107 cm³/mol. The third kappa shape index (κ3) is 2.87. The zero-order chi connectivity index (χ0) is 22.0. The first-order chi connectivity index (χ1) is 14.8. The number of halogens is 4. The van der Waals surface area contributed by atoms with Gasteiger partial charge in [-0.2, -0.15) is 4.39 Å². The quantitative estimate of drug-likeness (QED) is 0.573. The lowest BCUT2D eigenvalue weighted by Gasteiger charge is -2.47. The molecule has 1 spiro atoms. The van der Waals surface area contributed by atoms with Crippen molar-refractivity contribution in [1.82, 2.24) is 9.97 Å². The summed E-state index contributed by atoms with van der Waals surface area (Å²) < 4.78 is 62.8. The Morgan fingerprint density at radius 1 is 1.13 bits per heavy atom. The second kappa shape index (κ2) is 6.80. The highest BCUT2D eigenvalue weighted by Crippen LogP contribution is 2.69. The van der Waals surface area contributed by atoms with Crippen LogP contribution in [0.5, 0.6) is 5.75 Å². The molecule has 2 aliphatic carbocycles. The van der Waals surface area contributed by atoms with Gasteiger partial charge in [0.15, 0.2) is 17.0 Å². The molecule has 0 aliphatic heterocycles. The molecule has 2 heterocycles. The standard InChI is InChI=1S/C23H20F4N2O2/c1-31-21-12(2-3-16(24)20(21)25)13-9-22(5-6-23(22,26)27)10-14(13)18-8-19(30)15-11-28-7-4-17(15)29-18/h2-4,7-8,11,13-14H,5-6,9-10H2,1H3,(H,29,30)/t13-,14+,22-/m0/s1. The number of nitrogens with one attached hydrogen (secondary N) is 1. The molecule has 2 aliphatic rings. The second-order valence-electron chi connectivity index (χ2n) is 8.60. The van der Waals surface area contributed by atoms with E-state index in [9.17, 15) is 22.4 Å². The lowest BCUT2D eigenvalue weighted by molar-refractivity contribution is -0.199. The number of hydrogen-bond donors (Lipinski definition) is 1. The summed E-state index contributed by atoms with van der Waals surface area (Å²) >= 11 is 0. The summed E-state index contributed by atoms with van der Waals surface area (Å²) in [7, 11) is 1.23. The van der Waals surface area contributed by atoms with Crippen LogP contribution in [0, 0.1) is 17.0 Å². The Kier molecular flexibility index (Phi) is 4.39. The average molecular weight is 432 g/mol. The van der Waals surface area contributed by atoms with Gasteiger partial charge in [-0.05, 0) is 37.3 Å². The van der Waals surface area contributed by atoms with Crippen LogP contribution in [-0.4, -0.2) is 23.0 Å². The molecule has 3 aromatic rings. The molecule has 0 amide bonds. The molecule has 5 rings (SSSR count). The van der Waals surface area contributed by atoms with Crippen LogP contribution in [0.1, 0.15) is 48.8 Å². The van der Waals surface area contributed by atoms with E-state index in [1.807, 2.05) is 0 Å². The van der Waals surface area contributed by atoms with Crippen LogP contribution >= 0.6 is 0 Å². The molecule has 3 atom stereocenters. The Balaban J connectivity index is 1.68. The molecule has 4 nitrogen and oxygen atoms in total. The third-order valence-corrected chi connectivity index (χ3v) is 7.14. The Bertz CT molecular complexity index is 1240. The molecule has 0 saturated heterocycles. The van der Waals surface area contributed by atoms with Gasteiger partial charge in [-0.25, -0.2) is 13.2 Å². The van der Waals surface area contributed by atoms with E-state index in [1.54, 1.807) is 6.07 Å². The van der Waals surface area contributed by atoms with E-state index in [4.69, 9.17) is 4.74 Å². The minimum absolute atomic E-state index is 0.0997. The van der Waals surface area contributed by atoms with Crippen molar-refractivity contribution in [3.63, 3.8) is 0 Å². The summed E-state index contributed by atoms with van der Waals surface area (Å²) in [5.41, 5.74) is -0.117. The first-order valence-electron chi connectivity index (χ1n) is 10.1. The number of rotatable bonds is 3. The molecule has 1 aromatic carbocycles. The van der Waals surface area contributed by atoms with Gasteiger partial charge in [0.2, 0.25) is 5.82 Å². The number of fused-ring (bicyclic) bond motifs is 1. The number of hydrogen-bond acceptors (Lipinski definition) is 3. The van der Waals surface area contributed by atoms with E-state index < -0.39 is 34.8 Å². The predicted octanol–water partition coefficient (Wildman–Crippen LogP) is 5.29. The minimum atomic E-state index is -2.84. The van der Waals surface area contributed by atoms with Gasteiger partial charge in [0, 0.05) is 47.5 Å². The smallest absolute Gasteiger partial charge is 0.253 e. The van der Waals surface area contributed by atoms with E-state index in [0.29, 0.717) is 28.6 Å². The van der Waals surface area contributed by atoms with Gasteiger partial charge in [-0.15, -0.1) is 0 Å².